The molecule has 1 aromatic carbocycles. The Morgan fingerprint density at radius 3 is 2.68 bits per heavy atom. The van der Waals surface area contributed by atoms with Gasteiger partial charge in [-0.3, -0.25) is 5.32 Å². The summed E-state index contributed by atoms with van der Waals surface area (Å²) in [4.78, 5) is 11.6. The number of hydrogen-bond acceptors (Lipinski definition) is 3. The third-order valence-corrected chi connectivity index (χ3v) is 2.29. The summed E-state index contributed by atoms with van der Waals surface area (Å²) in [5.74, 6) is -0.515. The van der Waals surface area contributed by atoms with E-state index in [-0.39, 0.29) is 12.3 Å². The van der Waals surface area contributed by atoms with Crippen LogP contribution in [-0.4, -0.2) is 23.4 Å². The first-order chi connectivity index (χ1) is 8.81. The van der Waals surface area contributed by atoms with Crippen molar-refractivity contribution in [1.82, 2.24) is 0 Å². The highest BCUT2D eigenvalue weighted by molar-refractivity contribution is 5.85. The maximum Gasteiger partial charge on any atom is 0.412 e. The molecule has 0 saturated carbocycles. The Kier molecular flexibility index (Phi) is 5.30. The zero-order valence-corrected chi connectivity index (χ0v) is 11.5. The van der Waals surface area contributed by atoms with Crippen molar-refractivity contribution in [2.24, 2.45) is 0 Å². The standard InChI is InChI=1S/C14H20FNO3/c1-14(2,3)19-13(18)16-12-9-10(5-4-8-17)6-7-11(12)15/h6-7,9,17H,4-5,8H2,1-3H3,(H,16,18). The number of carbonyl (C=O) groups is 1. The molecule has 2 N–H and O–H groups in total. The maximum absolute atomic E-state index is 13.6. The first-order valence-corrected chi connectivity index (χ1v) is 6.21. The largest absolute Gasteiger partial charge is 0.444 e. The van der Waals surface area contributed by atoms with E-state index in [0.717, 1.165) is 5.56 Å². The van der Waals surface area contributed by atoms with E-state index in [1.165, 1.54) is 6.07 Å². The van der Waals surface area contributed by atoms with Gasteiger partial charge in [-0.15, -0.1) is 0 Å². The summed E-state index contributed by atoms with van der Waals surface area (Å²) >= 11 is 0. The number of anilines is 1. The smallest absolute Gasteiger partial charge is 0.412 e. The van der Waals surface area contributed by atoms with Crippen LogP contribution in [-0.2, 0) is 11.2 Å². The van der Waals surface area contributed by atoms with Gasteiger partial charge in [0.05, 0.1) is 5.69 Å². The monoisotopic (exact) mass is 269 g/mol. The van der Waals surface area contributed by atoms with Crippen LogP contribution in [0.5, 0.6) is 0 Å². The highest BCUT2D eigenvalue weighted by atomic mass is 19.1. The van der Waals surface area contributed by atoms with Crippen LogP contribution in [0.2, 0.25) is 0 Å². The normalized spacial score (nSPS) is 11.2. The fourth-order valence-electron chi connectivity index (χ4n) is 1.52. The molecule has 1 rings (SSSR count). The second-order valence-electron chi connectivity index (χ2n) is 5.27. The minimum absolute atomic E-state index is 0.0756. The zero-order chi connectivity index (χ0) is 14.5. The van der Waals surface area contributed by atoms with Crippen LogP contribution in [0.15, 0.2) is 18.2 Å². The zero-order valence-electron chi connectivity index (χ0n) is 11.5. The molecular weight excluding hydrogens is 249 g/mol. The van der Waals surface area contributed by atoms with Gasteiger partial charge in [0.25, 0.3) is 0 Å². The number of rotatable bonds is 4. The van der Waals surface area contributed by atoms with Gasteiger partial charge in [0.1, 0.15) is 11.4 Å². The van der Waals surface area contributed by atoms with Crippen molar-refractivity contribution in [3.63, 3.8) is 0 Å². The molecule has 106 valence electrons. The fraction of sp³-hybridized carbons (Fsp3) is 0.500. The highest BCUT2D eigenvalue weighted by Crippen LogP contribution is 2.18. The lowest BCUT2D eigenvalue weighted by Gasteiger charge is -2.20. The van der Waals surface area contributed by atoms with Gasteiger partial charge in [-0.1, -0.05) is 6.07 Å². The SMILES string of the molecule is CC(C)(C)OC(=O)Nc1cc(CCCO)ccc1F. The Bertz CT molecular complexity index is 441. The number of nitrogens with one attached hydrogen (secondary N) is 1. The lowest BCUT2D eigenvalue weighted by atomic mass is 10.1. The van der Waals surface area contributed by atoms with Crippen molar-refractivity contribution in [3.8, 4) is 0 Å². The van der Waals surface area contributed by atoms with E-state index >= 15 is 0 Å². The van der Waals surface area contributed by atoms with Gasteiger partial charge in [0.15, 0.2) is 0 Å². The summed E-state index contributed by atoms with van der Waals surface area (Å²) in [5, 5.41) is 11.1. The highest BCUT2D eigenvalue weighted by Gasteiger charge is 2.17. The number of hydrogen-bond donors (Lipinski definition) is 2. The molecule has 0 unspecified atom stereocenters. The summed E-state index contributed by atoms with van der Waals surface area (Å²) in [5.41, 5.74) is 0.306. The van der Waals surface area contributed by atoms with E-state index in [2.05, 4.69) is 5.32 Å². The number of halogens is 1. The van der Waals surface area contributed by atoms with Gasteiger partial charge in [0.2, 0.25) is 0 Å². The molecule has 1 aromatic rings. The number of benzene rings is 1. The molecule has 4 nitrogen and oxygen atoms in total. The molecule has 0 spiro atoms. The summed E-state index contributed by atoms with van der Waals surface area (Å²) < 4.78 is 18.6. The maximum atomic E-state index is 13.6. The first kappa shape index (κ1) is 15.4. The Morgan fingerprint density at radius 2 is 2.11 bits per heavy atom. The molecule has 1 amide bonds. The van der Waals surface area contributed by atoms with Crippen LogP contribution in [0.1, 0.15) is 32.8 Å². The summed E-state index contributed by atoms with van der Waals surface area (Å²) in [7, 11) is 0. The molecule has 0 aliphatic carbocycles. The summed E-state index contributed by atoms with van der Waals surface area (Å²) in [6.07, 6.45) is 0.530. The van der Waals surface area contributed by atoms with Gasteiger partial charge < -0.3 is 9.84 Å². The minimum Gasteiger partial charge on any atom is -0.444 e. The van der Waals surface area contributed by atoms with E-state index in [4.69, 9.17) is 9.84 Å². The molecule has 0 bridgehead atoms. The van der Waals surface area contributed by atoms with Crippen LogP contribution < -0.4 is 5.32 Å². The molecule has 5 heteroatoms. The van der Waals surface area contributed by atoms with Crippen molar-refractivity contribution in [3.05, 3.63) is 29.6 Å². The molecular formula is C14H20FNO3. The Balaban J connectivity index is 2.73. The molecule has 0 heterocycles. The van der Waals surface area contributed by atoms with Crippen molar-refractivity contribution in [2.45, 2.75) is 39.2 Å². The van der Waals surface area contributed by atoms with Crippen LogP contribution in [0.4, 0.5) is 14.9 Å². The number of ether oxygens (including phenoxy) is 1. The molecule has 0 saturated heterocycles. The van der Waals surface area contributed by atoms with Gasteiger partial charge in [-0.05, 0) is 51.3 Å². The molecule has 0 aliphatic rings. The van der Waals surface area contributed by atoms with Crippen molar-refractivity contribution >= 4 is 11.8 Å². The first-order valence-electron chi connectivity index (χ1n) is 6.21. The Morgan fingerprint density at radius 1 is 1.42 bits per heavy atom. The van der Waals surface area contributed by atoms with E-state index in [9.17, 15) is 9.18 Å². The third kappa shape index (κ3) is 5.70. The van der Waals surface area contributed by atoms with Crippen LogP contribution in [0.3, 0.4) is 0 Å². The van der Waals surface area contributed by atoms with Gasteiger partial charge in [-0.25, -0.2) is 9.18 Å². The lowest BCUT2D eigenvalue weighted by molar-refractivity contribution is 0.0635. The summed E-state index contributed by atoms with van der Waals surface area (Å²) in [6.45, 7) is 5.29. The van der Waals surface area contributed by atoms with Crippen LogP contribution in [0.25, 0.3) is 0 Å². The van der Waals surface area contributed by atoms with E-state index in [1.54, 1.807) is 32.9 Å². The van der Waals surface area contributed by atoms with E-state index in [1.807, 2.05) is 0 Å². The topological polar surface area (TPSA) is 58.6 Å². The van der Waals surface area contributed by atoms with Crippen molar-refractivity contribution in [1.29, 1.82) is 0 Å². The van der Waals surface area contributed by atoms with E-state index < -0.39 is 17.5 Å². The van der Waals surface area contributed by atoms with Crippen molar-refractivity contribution in [2.75, 3.05) is 11.9 Å². The average molecular weight is 269 g/mol. The number of aliphatic hydroxyl groups is 1. The molecule has 0 atom stereocenters. The third-order valence-electron chi connectivity index (χ3n) is 2.29. The van der Waals surface area contributed by atoms with Gasteiger partial charge in [0, 0.05) is 6.61 Å². The quantitative estimate of drug-likeness (QED) is 0.883. The number of amides is 1. The number of carbonyl (C=O) groups excluding carboxylic acids is 1. The van der Waals surface area contributed by atoms with Crippen LogP contribution in [0, 0.1) is 5.82 Å². The molecule has 0 fully saturated rings. The molecule has 0 aromatic heterocycles. The van der Waals surface area contributed by atoms with Gasteiger partial charge in [-0.2, -0.15) is 0 Å². The van der Waals surface area contributed by atoms with E-state index in [0.29, 0.717) is 12.8 Å². The molecule has 0 aliphatic heterocycles. The molecule has 0 radical (unpaired) electrons. The second kappa shape index (κ2) is 6.52. The Labute approximate surface area is 112 Å². The van der Waals surface area contributed by atoms with Crippen LogP contribution >= 0.6 is 0 Å². The minimum atomic E-state index is -0.689. The number of aliphatic hydroxyl groups excluding tert-OH is 1. The Hall–Kier alpha value is -1.62. The predicted octanol–water partition coefficient (Wildman–Crippen LogP) is 3.10. The van der Waals surface area contributed by atoms with Crippen molar-refractivity contribution < 1.29 is 19.0 Å². The second-order valence-corrected chi connectivity index (χ2v) is 5.27. The lowest BCUT2D eigenvalue weighted by Crippen LogP contribution is -2.27. The predicted molar refractivity (Wildman–Crippen MR) is 71.7 cm³/mol. The molecule has 19 heavy (non-hydrogen) atoms. The number of aryl methyl sites for hydroxylation is 1. The fourth-order valence-corrected chi connectivity index (χ4v) is 1.52. The summed E-state index contributed by atoms with van der Waals surface area (Å²) in [6, 6.07) is 4.47. The average Bonchev–Trinajstić information content (AvgIpc) is 2.27. The van der Waals surface area contributed by atoms with Gasteiger partial charge >= 0.3 is 6.09 Å².